The zero-order chi connectivity index (χ0) is 12.9. The van der Waals surface area contributed by atoms with Crippen LogP contribution in [0.3, 0.4) is 0 Å². The molecule has 17 heavy (non-hydrogen) atoms. The van der Waals surface area contributed by atoms with Gasteiger partial charge in [-0.25, -0.2) is 8.42 Å². The summed E-state index contributed by atoms with van der Waals surface area (Å²) in [5, 5.41) is 0. The zero-order valence-electron chi connectivity index (χ0n) is 9.93. The van der Waals surface area contributed by atoms with Crippen molar-refractivity contribution in [1.29, 1.82) is 0 Å². The third kappa shape index (κ3) is 4.97. The summed E-state index contributed by atoms with van der Waals surface area (Å²) in [6, 6.07) is 3.49. The molecule has 0 aliphatic rings. The van der Waals surface area contributed by atoms with E-state index in [0.29, 0.717) is 17.9 Å². The Labute approximate surface area is 106 Å². The summed E-state index contributed by atoms with van der Waals surface area (Å²) in [6.45, 7) is 2.28. The third-order valence-electron chi connectivity index (χ3n) is 2.17. The number of hydrogen-bond donors (Lipinski definition) is 0. The predicted octanol–water partition coefficient (Wildman–Crippen LogP) is 1.69. The molecule has 0 aliphatic carbocycles. The van der Waals surface area contributed by atoms with Crippen molar-refractivity contribution >= 4 is 27.0 Å². The fraction of sp³-hybridized carbons (Fsp3) is 0.545. The highest BCUT2D eigenvalue weighted by Crippen LogP contribution is 2.16. The maximum atomic E-state index is 11.7. The standard InChI is InChI=1S/C11H16O4S2/c1-9-4-5-11(16-9)10(12)8-17(13,14)7-3-6-15-2/h4-5H,3,6-8H2,1-2H3. The lowest BCUT2D eigenvalue weighted by Gasteiger charge is -2.02. The van der Waals surface area contributed by atoms with Gasteiger partial charge < -0.3 is 4.74 Å². The number of carbonyl (C=O) groups is 1. The van der Waals surface area contributed by atoms with Crippen molar-refractivity contribution in [3.63, 3.8) is 0 Å². The quantitative estimate of drug-likeness (QED) is 0.561. The van der Waals surface area contributed by atoms with Gasteiger partial charge in [0.15, 0.2) is 15.6 Å². The first-order chi connectivity index (χ1) is 7.94. The molecule has 0 bridgehead atoms. The second-order valence-corrected chi connectivity index (χ2v) is 7.24. The van der Waals surface area contributed by atoms with Crippen LogP contribution in [-0.4, -0.2) is 39.4 Å². The van der Waals surface area contributed by atoms with Crippen molar-refractivity contribution in [2.45, 2.75) is 13.3 Å². The molecule has 4 nitrogen and oxygen atoms in total. The highest BCUT2D eigenvalue weighted by Gasteiger charge is 2.18. The largest absolute Gasteiger partial charge is 0.385 e. The molecule has 0 saturated heterocycles. The Morgan fingerprint density at radius 2 is 2.12 bits per heavy atom. The maximum absolute atomic E-state index is 11.7. The van der Waals surface area contributed by atoms with Gasteiger partial charge in [-0.2, -0.15) is 0 Å². The number of aryl methyl sites for hydroxylation is 1. The van der Waals surface area contributed by atoms with Gasteiger partial charge in [0.05, 0.1) is 10.6 Å². The third-order valence-corrected chi connectivity index (χ3v) is 4.82. The first-order valence-electron chi connectivity index (χ1n) is 5.23. The number of methoxy groups -OCH3 is 1. The molecular formula is C11H16O4S2. The van der Waals surface area contributed by atoms with Gasteiger partial charge in [-0.1, -0.05) is 0 Å². The number of ketones is 1. The molecule has 0 amide bonds. The van der Waals surface area contributed by atoms with E-state index in [1.54, 1.807) is 6.07 Å². The van der Waals surface area contributed by atoms with Crippen LogP contribution < -0.4 is 0 Å². The van der Waals surface area contributed by atoms with Crippen LogP contribution in [0.4, 0.5) is 0 Å². The number of rotatable bonds is 7. The lowest BCUT2D eigenvalue weighted by Crippen LogP contribution is -2.19. The monoisotopic (exact) mass is 276 g/mol. The van der Waals surface area contributed by atoms with Crippen molar-refractivity contribution in [2.24, 2.45) is 0 Å². The SMILES string of the molecule is COCCCS(=O)(=O)CC(=O)c1ccc(C)s1. The van der Waals surface area contributed by atoms with Crippen molar-refractivity contribution in [2.75, 3.05) is 25.2 Å². The van der Waals surface area contributed by atoms with Gasteiger partial charge in [0, 0.05) is 18.6 Å². The van der Waals surface area contributed by atoms with E-state index in [-0.39, 0.29) is 11.5 Å². The summed E-state index contributed by atoms with van der Waals surface area (Å²) >= 11 is 1.33. The molecule has 0 unspecified atom stereocenters. The molecule has 1 heterocycles. The molecule has 1 aromatic rings. The maximum Gasteiger partial charge on any atom is 0.187 e. The van der Waals surface area contributed by atoms with Gasteiger partial charge in [-0.05, 0) is 25.5 Å². The Morgan fingerprint density at radius 1 is 1.41 bits per heavy atom. The molecule has 96 valence electrons. The van der Waals surface area contributed by atoms with Crippen molar-refractivity contribution in [3.05, 3.63) is 21.9 Å². The van der Waals surface area contributed by atoms with E-state index in [2.05, 4.69) is 0 Å². The lowest BCUT2D eigenvalue weighted by atomic mass is 10.3. The van der Waals surface area contributed by atoms with Crippen LogP contribution in [0.15, 0.2) is 12.1 Å². The summed E-state index contributed by atoms with van der Waals surface area (Å²) < 4.78 is 28.0. The second kappa shape index (κ2) is 6.28. The zero-order valence-corrected chi connectivity index (χ0v) is 11.6. The van der Waals surface area contributed by atoms with Crippen LogP contribution in [0.2, 0.25) is 0 Å². The Hall–Kier alpha value is -0.720. The molecule has 0 aliphatic heterocycles. The van der Waals surface area contributed by atoms with Crippen LogP contribution >= 0.6 is 11.3 Å². The Balaban J connectivity index is 2.56. The smallest absolute Gasteiger partial charge is 0.187 e. The highest BCUT2D eigenvalue weighted by atomic mass is 32.2. The fourth-order valence-corrected chi connectivity index (χ4v) is 3.50. The van der Waals surface area contributed by atoms with Crippen LogP contribution in [0.25, 0.3) is 0 Å². The van der Waals surface area contributed by atoms with Gasteiger partial charge >= 0.3 is 0 Å². The minimum Gasteiger partial charge on any atom is -0.385 e. The molecule has 0 atom stereocenters. The highest BCUT2D eigenvalue weighted by molar-refractivity contribution is 7.92. The van der Waals surface area contributed by atoms with Crippen LogP contribution in [0, 0.1) is 6.92 Å². The number of ether oxygens (including phenoxy) is 1. The fourth-order valence-electron chi connectivity index (χ4n) is 1.35. The van der Waals surface area contributed by atoms with E-state index >= 15 is 0 Å². The van der Waals surface area contributed by atoms with Crippen LogP contribution in [-0.2, 0) is 14.6 Å². The number of carbonyl (C=O) groups excluding carboxylic acids is 1. The minimum absolute atomic E-state index is 0.00304. The predicted molar refractivity (Wildman–Crippen MR) is 68.5 cm³/mol. The molecule has 0 radical (unpaired) electrons. The summed E-state index contributed by atoms with van der Waals surface area (Å²) in [6.07, 6.45) is 0.426. The molecule has 0 fully saturated rings. The molecule has 0 saturated carbocycles. The molecular weight excluding hydrogens is 260 g/mol. The van der Waals surface area contributed by atoms with Crippen LogP contribution in [0.5, 0.6) is 0 Å². The topological polar surface area (TPSA) is 60.4 Å². The minimum atomic E-state index is -3.31. The van der Waals surface area contributed by atoms with E-state index in [9.17, 15) is 13.2 Å². The summed E-state index contributed by atoms with van der Waals surface area (Å²) in [7, 11) is -1.79. The molecule has 1 aromatic heterocycles. The number of sulfone groups is 1. The van der Waals surface area contributed by atoms with Gasteiger partial charge in [0.2, 0.25) is 0 Å². The molecule has 0 spiro atoms. The van der Waals surface area contributed by atoms with Crippen molar-refractivity contribution < 1.29 is 17.9 Å². The van der Waals surface area contributed by atoms with E-state index in [1.165, 1.54) is 18.4 Å². The van der Waals surface area contributed by atoms with Crippen molar-refractivity contribution in [3.8, 4) is 0 Å². The van der Waals surface area contributed by atoms with E-state index < -0.39 is 15.6 Å². The van der Waals surface area contributed by atoms with E-state index in [1.807, 2.05) is 13.0 Å². The Kier molecular flexibility index (Phi) is 5.30. The van der Waals surface area contributed by atoms with Gasteiger partial charge in [-0.15, -0.1) is 11.3 Å². The van der Waals surface area contributed by atoms with E-state index in [0.717, 1.165) is 4.88 Å². The number of hydrogen-bond acceptors (Lipinski definition) is 5. The van der Waals surface area contributed by atoms with E-state index in [4.69, 9.17) is 4.74 Å². The molecule has 0 N–H and O–H groups in total. The molecule has 1 rings (SSSR count). The lowest BCUT2D eigenvalue weighted by molar-refractivity contribution is 0.102. The average Bonchev–Trinajstić information content (AvgIpc) is 2.64. The van der Waals surface area contributed by atoms with Gasteiger partial charge in [0.1, 0.15) is 5.75 Å². The summed E-state index contributed by atoms with van der Waals surface area (Å²) in [5.41, 5.74) is 0. The summed E-state index contributed by atoms with van der Waals surface area (Å²) in [4.78, 5) is 13.2. The van der Waals surface area contributed by atoms with Gasteiger partial charge in [0.25, 0.3) is 0 Å². The normalized spacial score (nSPS) is 11.6. The Morgan fingerprint density at radius 3 is 2.65 bits per heavy atom. The number of Topliss-reactive ketones (excluding diaryl/α,β-unsaturated/α-hetero) is 1. The Bertz CT molecular complexity index is 473. The second-order valence-electron chi connectivity index (χ2n) is 3.77. The first kappa shape index (κ1) is 14.3. The first-order valence-corrected chi connectivity index (χ1v) is 7.87. The average molecular weight is 276 g/mol. The van der Waals surface area contributed by atoms with Crippen LogP contribution in [0.1, 0.15) is 21.0 Å². The van der Waals surface area contributed by atoms with Gasteiger partial charge in [-0.3, -0.25) is 4.79 Å². The van der Waals surface area contributed by atoms with Crippen molar-refractivity contribution in [1.82, 2.24) is 0 Å². The number of thiophene rings is 1. The molecule has 0 aromatic carbocycles. The summed E-state index contributed by atoms with van der Waals surface area (Å²) in [5.74, 6) is -0.728. The molecule has 6 heteroatoms.